The minimum absolute atomic E-state index is 0.0410. The Kier molecular flexibility index (Phi) is 5.62. The maximum absolute atomic E-state index is 12.0. The second-order valence-electron chi connectivity index (χ2n) is 5.11. The highest BCUT2D eigenvalue weighted by molar-refractivity contribution is 6.04. The smallest absolute Gasteiger partial charge is 0.318 e. The van der Waals surface area contributed by atoms with E-state index >= 15 is 0 Å². The number of esters is 1. The number of carbonyl (C=O) groups is 2. The molecule has 24 heavy (non-hydrogen) atoms. The molecule has 1 amide bonds. The average Bonchev–Trinajstić information content (AvgIpc) is 2.60. The fraction of sp³-hybridized carbons (Fsp3) is 0.176. The van der Waals surface area contributed by atoms with Crippen molar-refractivity contribution >= 4 is 23.3 Å². The van der Waals surface area contributed by atoms with Gasteiger partial charge in [-0.05, 0) is 36.8 Å². The zero-order valence-electron chi connectivity index (χ0n) is 13.0. The van der Waals surface area contributed by atoms with Crippen LogP contribution in [0.2, 0.25) is 0 Å². The molecule has 0 unspecified atom stereocenters. The maximum Gasteiger partial charge on any atom is 0.318 e. The van der Waals surface area contributed by atoms with Gasteiger partial charge in [-0.3, -0.25) is 19.7 Å². The number of para-hydroxylation sites is 1. The Bertz CT molecular complexity index is 728. The summed E-state index contributed by atoms with van der Waals surface area (Å²) in [4.78, 5) is 34.0. The molecule has 0 aliphatic rings. The molecule has 0 heterocycles. The lowest BCUT2D eigenvalue weighted by Gasteiger charge is -2.12. The van der Waals surface area contributed by atoms with Gasteiger partial charge in [0.25, 0.3) is 5.69 Å². The van der Waals surface area contributed by atoms with Crippen LogP contribution in [0.15, 0.2) is 54.6 Å². The molecule has 124 valence electrons. The first-order chi connectivity index (χ1) is 11.5. The third kappa shape index (κ3) is 4.64. The molecule has 0 saturated carbocycles. The van der Waals surface area contributed by atoms with Gasteiger partial charge in [-0.25, -0.2) is 0 Å². The third-order valence-corrected chi connectivity index (χ3v) is 3.32. The number of amides is 1. The number of ether oxygens (including phenoxy) is 1. The van der Waals surface area contributed by atoms with Gasteiger partial charge in [-0.15, -0.1) is 0 Å². The molecule has 0 fully saturated rings. The largest absolute Gasteiger partial charge is 0.460 e. The summed E-state index contributed by atoms with van der Waals surface area (Å²) in [6.45, 7) is 1.40. The minimum Gasteiger partial charge on any atom is -0.460 e. The molecular formula is C17H16N2O5. The number of nitrogens with one attached hydrogen (secondary N) is 1. The van der Waals surface area contributed by atoms with Gasteiger partial charge in [0, 0.05) is 17.8 Å². The molecule has 0 aromatic heterocycles. The first-order valence-electron chi connectivity index (χ1n) is 7.23. The van der Waals surface area contributed by atoms with Crippen molar-refractivity contribution in [3.05, 3.63) is 70.3 Å². The lowest BCUT2D eigenvalue weighted by molar-refractivity contribution is -0.384. The van der Waals surface area contributed by atoms with E-state index in [1.807, 2.05) is 6.07 Å². The highest BCUT2D eigenvalue weighted by Crippen LogP contribution is 2.14. The number of hydrogen-bond acceptors (Lipinski definition) is 5. The highest BCUT2D eigenvalue weighted by atomic mass is 16.6. The maximum atomic E-state index is 12.0. The van der Waals surface area contributed by atoms with Crippen molar-refractivity contribution in [1.29, 1.82) is 0 Å². The van der Waals surface area contributed by atoms with Crippen LogP contribution in [0.1, 0.15) is 12.5 Å². The molecular weight excluding hydrogens is 312 g/mol. The zero-order chi connectivity index (χ0) is 17.5. The predicted octanol–water partition coefficient (Wildman–Crippen LogP) is 2.91. The van der Waals surface area contributed by atoms with E-state index in [0.29, 0.717) is 11.3 Å². The Balaban J connectivity index is 1.87. The molecule has 0 aliphatic heterocycles. The first-order valence-corrected chi connectivity index (χ1v) is 7.23. The van der Waals surface area contributed by atoms with E-state index in [1.54, 1.807) is 24.3 Å². The van der Waals surface area contributed by atoms with E-state index < -0.39 is 22.7 Å². The quantitative estimate of drug-likeness (QED) is 0.380. The average molecular weight is 328 g/mol. The fourth-order valence-electron chi connectivity index (χ4n) is 1.87. The van der Waals surface area contributed by atoms with Crippen LogP contribution < -0.4 is 5.32 Å². The van der Waals surface area contributed by atoms with Crippen LogP contribution in [0.5, 0.6) is 0 Å². The van der Waals surface area contributed by atoms with Crippen molar-refractivity contribution in [3.8, 4) is 0 Å². The van der Waals surface area contributed by atoms with Crippen LogP contribution >= 0.6 is 0 Å². The van der Waals surface area contributed by atoms with Crippen molar-refractivity contribution in [2.45, 2.75) is 13.5 Å². The number of nitro benzene ring substituents is 1. The van der Waals surface area contributed by atoms with Crippen LogP contribution in [-0.2, 0) is 20.9 Å². The Hall–Kier alpha value is -3.22. The Morgan fingerprint density at radius 2 is 1.75 bits per heavy atom. The number of rotatable bonds is 6. The number of hydrogen-bond donors (Lipinski definition) is 1. The predicted molar refractivity (Wildman–Crippen MR) is 87.1 cm³/mol. The van der Waals surface area contributed by atoms with Gasteiger partial charge in [0.2, 0.25) is 5.91 Å². The summed E-state index contributed by atoms with van der Waals surface area (Å²) in [6, 6.07) is 14.4. The second kappa shape index (κ2) is 7.87. The number of nitro groups is 1. The minimum atomic E-state index is -0.969. The van der Waals surface area contributed by atoms with E-state index in [2.05, 4.69) is 5.32 Å². The summed E-state index contributed by atoms with van der Waals surface area (Å²) in [5.74, 6) is -2.10. The summed E-state index contributed by atoms with van der Waals surface area (Å²) < 4.78 is 5.08. The van der Waals surface area contributed by atoms with Crippen molar-refractivity contribution in [2.24, 2.45) is 5.92 Å². The van der Waals surface area contributed by atoms with Crippen molar-refractivity contribution in [3.63, 3.8) is 0 Å². The monoisotopic (exact) mass is 328 g/mol. The van der Waals surface area contributed by atoms with Crippen molar-refractivity contribution < 1.29 is 19.2 Å². The number of non-ortho nitro benzene ring substituents is 1. The van der Waals surface area contributed by atoms with E-state index in [0.717, 1.165) is 0 Å². The Labute approximate surface area is 138 Å². The SMILES string of the molecule is C[C@H](C(=O)Nc1ccccc1)C(=O)OCc1ccc([N+](=O)[O-])cc1. The zero-order valence-corrected chi connectivity index (χ0v) is 13.0. The summed E-state index contributed by atoms with van der Waals surface area (Å²) in [5, 5.41) is 13.2. The highest BCUT2D eigenvalue weighted by Gasteiger charge is 2.23. The molecule has 2 aromatic rings. The third-order valence-electron chi connectivity index (χ3n) is 3.32. The normalized spacial score (nSPS) is 11.4. The summed E-state index contributed by atoms with van der Waals surface area (Å²) in [5.41, 5.74) is 1.16. The van der Waals surface area contributed by atoms with Gasteiger partial charge >= 0.3 is 5.97 Å². The molecule has 0 saturated heterocycles. The van der Waals surface area contributed by atoms with Gasteiger partial charge in [0.1, 0.15) is 12.5 Å². The van der Waals surface area contributed by atoms with Gasteiger partial charge in [0.15, 0.2) is 0 Å². The summed E-state index contributed by atoms with van der Waals surface area (Å²) in [7, 11) is 0. The Morgan fingerprint density at radius 3 is 2.33 bits per heavy atom. The van der Waals surface area contributed by atoms with Crippen LogP contribution in [0.3, 0.4) is 0 Å². The van der Waals surface area contributed by atoms with Gasteiger partial charge < -0.3 is 10.1 Å². The lowest BCUT2D eigenvalue weighted by Crippen LogP contribution is -2.28. The molecule has 1 atom stereocenters. The number of nitrogens with zero attached hydrogens (tertiary/aromatic N) is 1. The van der Waals surface area contributed by atoms with E-state index in [1.165, 1.54) is 31.2 Å². The topological polar surface area (TPSA) is 98.5 Å². The number of anilines is 1. The first kappa shape index (κ1) is 17.1. The second-order valence-corrected chi connectivity index (χ2v) is 5.11. The van der Waals surface area contributed by atoms with Gasteiger partial charge in [-0.1, -0.05) is 18.2 Å². The van der Waals surface area contributed by atoms with Crippen LogP contribution in [-0.4, -0.2) is 16.8 Å². The van der Waals surface area contributed by atoms with Crippen LogP contribution in [0, 0.1) is 16.0 Å². The molecule has 7 nitrogen and oxygen atoms in total. The number of carbonyl (C=O) groups excluding carboxylic acids is 2. The molecule has 0 bridgehead atoms. The fourth-order valence-corrected chi connectivity index (χ4v) is 1.87. The molecule has 7 heteroatoms. The standard InChI is InChI=1S/C17H16N2O5/c1-12(16(20)18-14-5-3-2-4-6-14)17(21)24-11-13-7-9-15(10-8-13)19(22)23/h2-10,12H,11H2,1H3,(H,18,20)/t12-/m1/s1. The van der Waals surface area contributed by atoms with Crippen molar-refractivity contribution in [1.82, 2.24) is 0 Å². The molecule has 2 aromatic carbocycles. The van der Waals surface area contributed by atoms with E-state index in [9.17, 15) is 19.7 Å². The summed E-state index contributed by atoms with van der Waals surface area (Å²) in [6.07, 6.45) is 0. The molecule has 0 aliphatic carbocycles. The van der Waals surface area contributed by atoms with E-state index in [4.69, 9.17) is 4.74 Å². The molecule has 0 spiro atoms. The molecule has 1 N–H and O–H groups in total. The van der Waals surface area contributed by atoms with Crippen LogP contribution in [0.4, 0.5) is 11.4 Å². The Morgan fingerprint density at radius 1 is 1.12 bits per heavy atom. The van der Waals surface area contributed by atoms with Crippen molar-refractivity contribution in [2.75, 3.05) is 5.32 Å². The molecule has 0 radical (unpaired) electrons. The van der Waals surface area contributed by atoms with Crippen LogP contribution in [0.25, 0.3) is 0 Å². The number of benzene rings is 2. The van der Waals surface area contributed by atoms with Gasteiger partial charge in [0.05, 0.1) is 4.92 Å². The van der Waals surface area contributed by atoms with Gasteiger partial charge in [-0.2, -0.15) is 0 Å². The summed E-state index contributed by atoms with van der Waals surface area (Å²) >= 11 is 0. The lowest BCUT2D eigenvalue weighted by atomic mass is 10.1. The molecule has 2 rings (SSSR count). The van der Waals surface area contributed by atoms with E-state index in [-0.39, 0.29) is 12.3 Å².